The number of aromatic nitrogens is 12. The van der Waals surface area contributed by atoms with Gasteiger partial charge in [-0.15, -0.1) is 0 Å². The van der Waals surface area contributed by atoms with Crippen molar-refractivity contribution in [2.45, 2.75) is 104 Å². The molecule has 36 heteroatoms. The minimum atomic E-state index is -0.108. The van der Waals surface area contributed by atoms with Crippen LogP contribution in [0.3, 0.4) is 0 Å². The fraction of sp³-hybridized carbons (Fsp3) is 0.469. The number of aliphatic hydroxyl groups is 4. The summed E-state index contributed by atoms with van der Waals surface area (Å²) < 4.78 is 66.7. The van der Waals surface area contributed by atoms with Gasteiger partial charge in [0.2, 0.25) is 23.8 Å². The van der Waals surface area contributed by atoms with Gasteiger partial charge in [-0.05, 0) is 139 Å². The van der Waals surface area contributed by atoms with Gasteiger partial charge in [-0.2, -0.15) is 19.9 Å². The maximum atomic E-state index is 9.77. The Morgan fingerprint density at radius 2 is 0.545 bits per heavy atom. The van der Waals surface area contributed by atoms with Crippen LogP contribution >= 0.6 is 0 Å². The lowest BCUT2D eigenvalue weighted by molar-refractivity contribution is -0.00584. The van der Waals surface area contributed by atoms with E-state index in [-0.39, 0.29) is 62.9 Å². The zero-order valence-electron chi connectivity index (χ0n) is 77.9. The summed E-state index contributed by atoms with van der Waals surface area (Å²) in [5.41, 5.74) is 13.0. The second-order valence-corrected chi connectivity index (χ2v) is 34.4. The molecule has 8 saturated heterocycles. The molecule has 0 spiro atoms. The number of nitrogens with zero attached hydrogens (tertiary/aromatic N) is 20. The average Bonchev–Trinajstić information content (AvgIpc) is 0.770. The van der Waals surface area contributed by atoms with E-state index < -0.39 is 0 Å². The summed E-state index contributed by atoms with van der Waals surface area (Å²) in [4.78, 5) is 76.6. The highest BCUT2D eigenvalue weighted by Crippen LogP contribution is 2.40. The van der Waals surface area contributed by atoms with Crippen LogP contribution in [0.1, 0.15) is 63.8 Å². The molecular formula is C98H120N20O16. The molecule has 0 aliphatic carbocycles. The number of rotatable bonds is 20. The molecule has 6 atom stereocenters. The Hall–Kier alpha value is -12.0. The summed E-state index contributed by atoms with van der Waals surface area (Å²) in [5.74, 6) is 9.01. The number of ether oxygens (including phenoxy) is 12. The highest BCUT2D eigenvalue weighted by molar-refractivity contribution is 5.96. The number of aliphatic hydroxyl groups excluding tert-OH is 4. The van der Waals surface area contributed by atoms with Gasteiger partial charge in [-0.3, -0.25) is 19.9 Å². The van der Waals surface area contributed by atoms with Crippen molar-refractivity contribution in [3.05, 3.63) is 144 Å². The molecule has 0 unspecified atom stereocenters. The molecule has 8 fully saturated rings. The fourth-order valence-electron chi connectivity index (χ4n) is 18.2. The molecule has 0 saturated carbocycles. The molecule has 134 heavy (non-hydrogen) atoms. The van der Waals surface area contributed by atoms with Gasteiger partial charge < -0.3 is 116 Å². The number of morpholine rings is 8. The Labute approximate surface area is 779 Å². The minimum absolute atomic E-state index is 0.102. The summed E-state index contributed by atoms with van der Waals surface area (Å²) in [5, 5.41) is 42.6. The highest BCUT2D eigenvalue weighted by atomic mass is 16.5. The topological polar surface area (TPSA) is 372 Å². The first-order valence-corrected chi connectivity index (χ1v) is 46.1. The maximum Gasteiger partial charge on any atom is 0.228 e. The summed E-state index contributed by atoms with van der Waals surface area (Å²) in [6.07, 6.45) is 7.85. The number of methoxy groups -OCH3 is 4. The van der Waals surface area contributed by atoms with Gasteiger partial charge in [-0.25, -0.2) is 19.9 Å². The quantitative estimate of drug-likeness (QED) is 0.0551. The SMILES string of the molecule is COc1ccc(-c2cc3nc(N4CCOCC4)nc(N4CCOCC4)c3cn2)cc1CO.COc1ccc(-c2cc3nc(N4CCOC[C@@H]4C)nc(N4CCOCC4)c3cn2)cc1CO.COc1ccc(-c2cc3nc(N4CCOC[C@@H]4C)nc(N4C[C@@H](C)O[C@@H](C)C4)c3cn2)cc1CO.COc1ccc(-c2cc3nc(N4C[C@@H](C)O[C@@H](C)C4)nc(N4CCOCC4)c3cn2)cc1CO. The van der Waals surface area contributed by atoms with E-state index in [4.69, 9.17) is 117 Å². The van der Waals surface area contributed by atoms with Gasteiger partial charge in [0.15, 0.2) is 0 Å². The molecule has 16 heterocycles. The summed E-state index contributed by atoms with van der Waals surface area (Å²) in [6, 6.07) is 31.2. The van der Waals surface area contributed by atoms with Crippen molar-refractivity contribution in [3.63, 3.8) is 0 Å². The number of hydrogen-bond acceptors (Lipinski definition) is 36. The predicted molar refractivity (Wildman–Crippen MR) is 513 cm³/mol. The second-order valence-electron chi connectivity index (χ2n) is 34.4. The van der Waals surface area contributed by atoms with E-state index in [9.17, 15) is 20.4 Å². The third kappa shape index (κ3) is 21.4. The number of hydrogen-bond donors (Lipinski definition) is 4. The van der Waals surface area contributed by atoms with Crippen LogP contribution < -0.4 is 58.1 Å². The van der Waals surface area contributed by atoms with E-state index in [1.165, 1.54) is 0 Å². The van der Waals surface area contributed by atoms with Crippen molar-refractivity contribution in [1.82, 2.24) is 59.8 Å². The van der Waals surface area contributed by atoms with Gasteiger partial charge in [0, 0.05) is 161 Å². The van der Waals surface area contributed by atoms with Crippen LogP contribution in [-0.4, -0.2) is 316 Å². The Morgan fingerprint density at radius 1 is 0.291 bits per heavy atom. The number of benzene rings is 4. The molecule has 20 rings (SSSR count). The van der Waals surface area contributed by atoms with Crippen LogP contribution in [-0.2, 0) is 64.3 Å². The molecule has 4 aromatic carbocycles. The maximum absolute atomic E-state index is 9.77. The molecule has 4 N–H and O–H groups in total. The van der Waals surface area contributed by atoms with Gasteiger partial charge >= 0.3 is 0 Å². The summed E-state index contributed by atoms with van der Waals surface area (Å²) in [7, 11) is 6.39. The molecule has 36 nitrogen and oxygen atoms in total. The lowest BCUT2D eigenvalue weighted by Gasteiger charge is -2.38. The van der Waals surface area contributed by atoms with Crippen LogP contribution in [0.25, 0.3) is 88.6 Å². The highest BCUT2D eigenvalue weighted by Gasteiger charge is 2.33. The minimum Gasteiger partial charge on any atom is -0.496 e. The van der Waals surface area contributed by atoms with Gasteiger partial charge in [-0.1, -0.05) is 0 Å². The molecule has 8 aliphatic rings. The third-order valence-electron chi connectivity index (χ3n) is 25.1. The van der Waals surface area contributed by atoms with E-state index in [1.807, 2.05) is 122 Å². The van der Waals surface area contributed by atoms with Gasteiger partial charge in [0.05, 0.1) is 237 Å². The average molecular weight is 1830 g/mol. The normalized spacial score (nSPS) is 20.2. The van der Waals surface area contributed by atoms with Crippen LogP contribution in [0, 0.1) is 0 Å². The second kappa shape index (κ2) is 43.5. The van der Waals surface area contributed by atoms with Crippen LogP contribution in [0.2, 0.25) is 0 Å². The Kier molecular flexibility index (Phi) is 30.5. The smallest absolute Gasteiger partial charge is 0.228 e. The molecule has 8 aliphatic heterocycles. The molecule has 708 valence electrons. The monoisotopic (exact) mass is 1830 g/mol. The van der Waals surface area contributed by atoms with E-state index in [2.05, 4.69) is 80.7 Å². The molecular weight excluding hydrogens is 1710 g/mol. The van der Waals surface area contributed by atoms with E-state index >= 15 is 0 Å². The fourth-order valence-corrected chi connectivity index (χ4v) is 18.2. The Bertz CT molecular complexity index is 6030. The molecule has 0 radical (unpaired) electrons. The molecule has 8 aromatic heterocycles. The van der Waals surface area contributed by atoms with Gasteiger partial charge in [0.25, 0.3) is 0 Å². The van der Waals surface area contributed by atoms with Crippen LogP contribution in [0.15, 0.2) is 122 Å². The van der Waals surface area contributed by atoms with Crippen LogP contribution in [0.5, 0.6) is 23.0 Å². The number of pyridine rings is 4. The largest absolute Gasteiger partial charge is 0.496 e. The van der Waals surface area contributed by atoms with E-state index in [1.54, 1.807) is 28.4 Å². The summed E-state index contributed by atoms with van der Waals surface area (Å²) >= 11 is 0. The van der Waals surface area contributed by atoms with Crippen LogP contribution in [0.4, 0.5) is 47.1 Å². The molecule has 0 bridgehead atoms. The van der Waals surface area contributed by atoms with Crippen molar-refractivity contribution in [2.75, 3.05) is 239 Å². The molecule has 12 aromatic rings. The van der Waals surface area contributed by atoms with E-state index in [0.29, 0.717) is 126 Å². The third-order valence-corrected chi connectivity index (χ3v) is 25.1. The number of fused-ring (bicyclic) bond motifs is 4. The molecule has 0 amide bonds. The lowest BCUT2D eigenvalue weighted by atomic mass is 10.1. The van der Waals surface area contributed by atoms with Crippen molar-refractivity contribution in [3.8, 4) is 68.0 Å². The van der Waals surface area contributed by atoms with Crippen molar-refractivity contribution in [1.29, 1.82) is 0 Å². The van der Waals surface area contributed by atoms with Gasteiger partial charge in [0.1, 0.15) is 46.3 Å². The van der Waals surface area contributed by atoms with E-state index in [0.717, 1.165) is 226 Å². The first-order chi connectivity index (χ1) is 65.4. The lowest BCUT2D eigenvalue weighted by Crippen LogP contribution is -2.47. The van der Waals surface area contributed by atoms with Crippen molar-refractivity contribution >= 4 is 90.7 Å². The first kappa shape index (κ1) is 93.8. The Balaban J connectivity index is 0.000000124. The first-order valence-electron chi connectivity index (χ1n) is 46.1. The van der Waals surface area contributed by atoms with Crippen molar-refractivity contribution < 1.29 is 77.3 Å². The summed E-state index contributed by atoms with van der Waals surface area (Å²) in [6.45, 7) is 31.0. The van der Waals surface area contributed by atoms with Crippen molar-refractivity contribution in [2.24, 2.45) is 0 Å². The number of anilines is 8. The predicted octanol–water partition coefficient (Wildman–Crippen LogP) is 9.79. The Morgan fingerprint density at radius 3 is 0.828 bits per heavy atom. The zero-order chi connectivity index (χ0) is 92.9. The zero-order valence-corrected chi connectivity index (χ0v) is 77.9. The standard InChI is InChI=1S/C26H33N5O4.C25H31N5O4.C24H29N5O4.C23H27N5O4/c1-16-15-34-8-7-31(16)26-28-23-10-22(19-5-6-24(33-4)20(9-19)14-32)27-11-21(23)25(29-26)30-12-17(2)35-18(3)13-30;1-16-13-30(14-17(2)34-16)25-27-22-11-21(18-4-5-23(32-3)19(10-18)15-31)26-12-20(22)24(28-25)29-6-8-33-9-7-29;1-16-15-33-10-7-29(16)24-26-21-12-20(17-3-4-22(31-2)18(11-17)14-30)25-13-19(21)23(27-24)28-5-8-32-9-6-28;1-30-21-3-2-16(12-17(21)15-29)19-13-20-18(14-24-19)22(27-4-8-31-9-5-27)26-23(25-20)28-6-10-32-11-7-28/h5-6,9-11,16-18,32H,7-8,12-15H2,1-4H3;4-5,10-12,16-17,31H,6-9,13-15H2,1-3H3;3-4,11-13,16,30H,5-10,14-15H2,1-2H3;2-3,12-14,29H,4-11,15H2,1H3/t16-,17-,18+;16-,17+;16-;/m0.0./s1.